The van der Waals surface area contributed by atoms with Crippen LogP contribution in [0.3, 0.4) is 0 Å². The molecule has 0 fully saturated rings. The van der Waals surface area contributed by atoms with E-state index in [-0.39, 0.29) is 10.8 Å². The monoisotopic (exact) mass is 458 g/mol. The summed E-state index contributed by atoms with van der Waals surface area (Å²) in [6.07, 6.45) is 1.70. The number of ether oxygens (including phenoxy) is 2. The zero-order chi connectivity index (χ0) is 22.0. The van der Waals surface area contributed by atoms with Crippen LogP contribution in [-0.2, 0) is 16.4 Å². The molecule has 0 radical (unpaired) electrons. The van der Waals surface area contributed by atoms with Gasteiger partial charge in [-0.3, -0.25) is 9.52 Å². The molecule has 31 heavy (non-hydrogen) atoms. The van der Waals surface area contributed by atoms with Gasteiger partial charge in [0.1, 0.15) is 0 Å². The van der Waals surface area contributed by atoms with E-state index in [1.807, 2.05) is 17.5 Å². The molecule has 0 atom stereocenters. The quantitative estimate of drug-likeness (QED) is 0.600. The Kier molecular flexibility index (Phi) is 5.88. The number of methoxy groups -OCH3 is 2. The molecule has 1 N–H and O–H groups in total. The predicted molar refractivity (Wildman–Crippen MR) is 121 cm³/mol. The lowest BCUT2D eigenvalue weighted by Crippen LogP contribution is -2.35. The first-order valence-electron chi connectivity index (χ1n) is 9.66. The summed E-state index contributed by atoms with van der Waals surface area (Å²) in [4.78, 5) is 15.4. The molecular formula is C22H22N2O5S2. The van der Waals surface area contributed by atoms with Crippen molar-refractivity contribution < 1.29 is 22.7 Å². The minimum Gasteiger partial charge on any atom is -0.493 e. The summed E-state index contributed by atoms with van der Waals surface area (Å²) in [7, 11) is -0.930. The standard InChI is InChI=1S/C22H22N2O5S2/c1-28-19-10-9-17(14-20(19)29-2)31(26,27)23-16-8-7-15-5-3-11-24(18(15)13-16)22(25)21-6-4-12-30-21/h4,6-10,12-14,23H,3,5,11H2,1-2H3. The molecule has 2 aromatic carbocycles. The summed E-state index contributed by atoms with van der Waals surface area (Å²) in [5.41, 5.74) is 2.14. The van der Waals surface area contributed by atoms with Gasteiger partial charge in [-0.1, -0.05) is 12.1 Å². The van der Waals surface area contributed by atoms with Crippen LogP contribution in [0, 0.1) is 0 Å². The van der Waals surface area contributed by atoms with Gasteiger partial charge in [0.15, 0.2) is 11.5 Å². The average Bonchev–Trinajstić information content (AvgIpc) is 3.32. The van der Waals surface area contributed by atoms with Gasteiger partial charge >= 0.3 is 0 Å². The highest BCUT2D eigenvalue weighted by atomic mass is 32.2. The molecule has 1 aliphatic rings. The van der Waals surface area contributed by atoms with Crippen molar-refractivity contribution in [2.45, 2.75) is 17.7 Å². The summed E-state index contributed by atoms with van der Waals surface area (Å²) in [5, 5.41) is 1.87. The van der Waals surface area contributed by atoms with E-state index in [9.17, 15) is 13.2 Å². The number of sulfonamides is 1. The van der Waals surface area contributed by atoms with Crippen LogP contribution < -0.4 is 19.1 Å². The first kappa shape index (κ1) is 21.2. The molecule has 0 spiro atoms. The van der Waals surface area contributed by atoms with Crippen molar-refractivity contribution in [1.82, 2.24) is 0 Å². The van der Waals surface area contributed by atoms with Crippen molar-refractivity contribution in [2.75, 3.05) is 30.4 Å². The summed E-state index contributed by atoms with van der Waals surface area (Å²) in [6.45, 7) is 0.593. The molecule has 2 heterocycles. The number of hydrogen-bond donors (Lipinski definition) is 1. The van der Waals surface area contributed by atoms with E-state index in [0.29, 0.717) is 28.6 Å². The number of nitrogens with zero attached hydrogens (tertiary/aromatic N) is 1. The summed E-state index contributed by atoms with van der Waals surface area (Å²) in [5.74, 6) is 0.692. The van der Waals surface area contributed by atoms with Crippen LogP contribution in [0.2, 0.25) is 0 Å². The number of aryl methyl sites for hydroxylation is 1. The Morgan fingerprint density at radius 3 is 2.58 bits per heavy atom. The number of carbonyl (C=O) groups excluding carboxylic acids is 1. The third kappa shape index (κ3) is 4.24. The lowest BCUT2D eigenvalue weighted by Gasteiger charge is -2.29. The fraction of sp³-hybridized carbons (Fsp3) is 0.227. The molecule has 0 bridgehead atoms. The van der Waals surface area contributed by atoms with Gasteiger partial charge in [0.05, 0.1) is 29.7 Å². The van der Waals surface area contributed by atoms with Gasteiger partial charge in [0, 0.05) is 18.3 Å². The van der Waals surface area contributed by atoms with E-state index in [4.69, 9.17) is 9.47 Å². The van der Waals surface area contributed by atoms with E-state index >= 15 is 0 Å². The maximum atomic E-state index is 13.0. The van der Waals surface area contributed by atoms with Crippen LogP contribution in [0.4, 0.5) is 11.4 Å². The zero-order valence-electron chi connectivity index (χ0n) is 17.1. The number of amides is 1. The molecule has 0 unspecified atom stereocenters. The second kappa shape index (κ2) is 8.60. The van der Waals surface area contributed by atoms with Crippen LogP contribution in [-0.4, -0.2) is 35.1 Å². The SMILES string of the molecule is COc1ccc(S(=O)(=O)Nc2ccc3c(c2)N(C(=O)c2cccs2)CCC3)cc1OC. The topological polar surface area (TPSA) is 84.9 Å². The van der Waals surface area contributed by atoms with Crippen molar-refractivity contribution in [1.29, 1.82) is 0 Å². The van der Waals surface area contributed by atoms with Crippen LogP contribution >= 0.6 is 11.3 Å². The third-order valence-electron chi connectivity index (χ3n) is 5.10. The minimum atomic E-state index is -3.87. The smallest absolute Gasteiger partial charge is 0.268 e. The van der Waals surface area contributed by atoms with E-state index in [0.717, 1.165) is 24.1 Å². The van der Waals surface area contributed by atoms with Crippen LogP contribution in [0.25, 0.3) is 0 Å². The second-order valence-corrected chi connectivity index (χ2v) is 9.63. The van der Waals surface area contributed by atoms with Gasteiger partial charge < -0.3 is 14.4 Å². The molecule has 1 amide bonds. The Hall–Kier alpha value is -3.04. The number of hydrogen-bond acceptors (Lipinski definition) is 6. The van der Waals surface area contributed by atoms with E-state index in [1.54, 1.807) is 29.2 Å². The number of benzene rings is 2. The van der Waals surface area contributed by atoms with Crippen molar-refractivity contribution in [2.24, 2.45) is 0 Å². The zero-order valence-corrected chi connectivity index (χ0v) is 18.8. The molecule has 1 aromatic heterocycles. The van der Waals surface area contributed by atoms with Gasteiger partial charge in [0.25, 0.3) is 15.9 Å². The maximum absolute atomic E-state index is 13.0. The van der Waals surface area contributed by atoms with Gasteiger partial charge in [-0.25, -0.2) is 8.42 Å². The Labute approximate surface area is 185 Å². The molecule has 9 heteroatoms. The highest BCUT2D eigenvalue weighted by Crippen LogP contribution is 2.34. The fourth-order valence-electron chi connectivity index (χ4n) is 3.58. The van der Waals surface area contributed by atoms with Crippen molar-refractivity contribution in [3.8, 4) is 11.5 Å². The minimum absolute atomic E-state index is 0.0504. The van der Waals surface area contributed by atoms with E-state index in [1.165, 1.54) is 37.7 Å². The number of anilines is 2. The lowest BCUT2D eigenvalue weighted by atomic mass is 10.0. The Balaban J connectivity index is 1.64. The normalized spacial score (nSPS) is 13.4. The molecule has 0 saturated heterocycles. The Morgan fingerprint density at radius 1 is 1.06 bits per heavy atom. The summed E-state index contributed by atoms with van der Waals surface area (Å²) in [6, 6.07) is 13.4. The first-order chi connectivity index (χ1) is 14.9. The summed E-state index contributed by atoms with van der Waals surface area (Å²) >= 11 is 1.39. The lowest BCUT2D eigenvalue weighted by molar-refractivity contribution is 0.0989. The first-order valence-corrected chi connectivity index (χ1v) is 12.0. The van der Waals surface area contributed by atoms with Crippen molar-refractivity contribution in [3.63, 3.8) is 0 Å². The van der Waals surface area contributed by atoms with E-state index < -0.39 is 10.0 Å². The van der Waals surface area contributed by atoms with Gasteiger partial charge in [-0.05, 0) is 54.1 Å². The van der Waals surface area contributed by atoms with Gasteiger partial charge in [-0.2, -0.15) is 0 Å². The highest BCUT2D eigenvalue weighted by molar-refractivity contribution is 7.92. The Bertz CT molecular complexity index is 1210. The Morgan fingerprint density at radius 2 is 1.87 bits per heavy atom. The molecule has 1 aliphatic heterocycles. The molecule has 4 rings (SSSR count). The number of thiophene rings is 1. The molecule has 0 aliphatic carbocycles. The number of rotatable bonds is 6. The molecular weight excluding hydrogens is 436 g/mol. The molecule has 0 saturated carbocycles. The fourth-order valence-corrected chi connectivity index (χ4v) is 5.32. The maximum Gasteiger partial charge on any atom is 0.268 e. The number of carbonyl (C=O) groups is 1. The second-order valence-electron chi connectivity index (χ2n) is 7.00. The van der Waals surface area contributed by atoms with E-state index in [2.05, 4.69) is 4.72 Å². The van der Waals surface area contributed by atoms with Crippen LogP contribution in [0.1, 0.15) is 21.7 Å². The van der Waals surface area contributed by atoms with Crippen LogP contribution in [0.15, 0.2) is 58.8 Å². The van der Waals surface area contributed by atoms with Gasteiger partial charge in [0.2, 0.25) is 0 Å². The average molecular weight is 459 g/mol. The predicted octanol–water partition coefficient (Wildman–Crippen LogP) is 4.16. The van der Waals surface area contributed by atoms with Gasteiger partial charge in [-0.15, -0.1) is 11.3 Å². The van der Waals surface area contributed by atoms with Crippen molar-refractivity contribution >= 4 is 38.6 Å². The number of nitrogens with one attached hydrogen (secondary N) is 1. The van der Waals surface area contributed by atoms with Crippen molar-refractivity contribution in [3.05, 3.63) is 64.4 Å². The molecule has 7 nitrogen and oxygen atoms in total. The largest absolute Gasteiger partial charge is 0.493 e. The third-order valence-corrected chi connectivity index (χ3v) is 7.34. The highest BCUT2D eigenvalue weighted by Gasteiger charge is 2.25. The summed E-state index contributed by atoms with van der Waals surface area (Å²) < 4.78 is 38.9. The number of fused-ring (bicyclic) bond motifs is 1. The molecule has 162 valence electrons. The van der Waals surface area contributed by atoms with Crippen LogP contribution in [0.5, 0.6) is 11.5 Å². The molecule has 3 aromatic rings.